The van der Waals surface area contributed by atoms with Gasteiger partial charge < -0.3 is 15.7 Å². The molecule has 4 nitrogen and oxygen atoms in total. The lowest BCUT2D eigenvalue weighted by atomic mass is 9.94. The van der Waals surface area contributed by atoms with Crippen LogP contribution >= 0.6 is 0 Å². The summed E-state index contributed by atoms with van der Waals surface area (Å²) in [6, 6.07) is 0. The van der Waals surface area contributed by atoms with Gasteiger partial charge >= 0.3 is 0 Å². The SMILES string of the molecule is CC(CN)CC(=O)N1CCCC(CCO)C1. The molecule has 3 N–H and O–H groups in total. The van der Waals surface area contributed by atoms with Crippen LogP contribution in [0, 0.1) is 11.8 Å². The van der Waals surface area contributed by atoms with Crippen molar-refractivity contribution < 1.29 is 9.90 Å². The number of nitrogens with two attached hydrogens (primary N) is 1. The van der Waals surface area contributed by atoms with Gasteiger partial charge in [0.05, 0.1) is 0 Å². The van der Waals surface area contributed by atoms with E-state index < -0.39 is 0 Å². The van der Waals surface area contributed by atoms with Gasteiger partial charge in [-0.1, -0.05) is 6.92 Å². The van der Waals surface area contributed by atoms with Crippen LogP contribution in [0.25, 0.3) is 0 Å². The predicted molar refractivity (Wildman–Crippen MR) is 63.8 cm³/mol. The molecule has 0 spiro atoms. The summed E-state index contributed by atoms with van der Waals surface area (Å²) in [6.07, 6.45) is 3.57. The fraction of sp³-hybridized carbons (Fsp3) is 0.917. The fourth-order valence-electron chi connectivity index (χ4n) is 2.22. The average molecular weight is 228 g/mol. The molecule has 16 heavy (non-hydrogen) atoms. The maximum Gasteiger partial charge on any atom is 0.222 e. The Balaban J connectivity index is 2.37. The van der Waals surface area contributed by atoms with Crippen LogP contribution in [0.2, 0.25) is 0 Å². The Morgan fingerprint density at radius 2 is 2.38 bits per heavy atom. The molecule has 1 aliphatic rings. The third-order valence-electron chi connectivity index (χ3n) is 3.33. The van der Waals surface area contributed by atoms with Gasteiger partial charge in [-0.25, -0.2) is 0 Å². The number of amides is 1. The van der Waals surface area contributed by atoms with Gasteiger partial charge in [-0.15, -0.1) is 0 Å². The van der Waals surface area contributed by atoms with Crippen molar-refractivity contribution in [3.8, 4) is 0 Å². The van der Waals surface area contributed by atoms with Crippen molar-refractivity contribution in [2.75, 3.05) is 26.2 Å². The van der Waals surface area contributed by atoms with Gasteiger partial charge in [0.15, 0.2) is 0 Å². The summed E-state index contributed by atoms with van der Waals surface area (Å²) >= 11 is 0. The largest absolute Gasteiger partial charge is 0.396 e. The van der Waals surface area contributed by atoms with Gasteiger partial charge in [0, 0.05) is 26.1 Å². The van der Waals surface area contributed by atoms with Crippen LogP contribution < -0.4 is 5.73 Å². The van der Waals surface area contributed by atoms with E-state index >= 15 is 0 Å². The molecule has 1 heterocycles. The first-order valence-electron chi connectivity index (χ1n) is 6.26. The summed E-state index contributed by atoms with van der Waals surface area (Å²) in [5, 5.41) is 8.91. The second-order valence-electron chi connectivity index (χ2n) is 4.91. The second kappa shape index (κ2) is 6.86. The first-order chi connectivity index (χ1) is 7.67. The number of nitrogens with zero attached hydrogens (tertiary/aromatic N) is 1. The molecule has 0 bridgehead atoms. The lowest BCUT2D eigenvalue weighted by molar-refractivity contribution is -0.134. The van der Waals surface area contributed by atoms with E-state index in [-0.39, 0.29) is 18.4 Å². The lowest BCUT2D eigenvalue weighted by Gasteiger charge is -2.33. The number of aliphatic hydroxyl groups excluding tert-OH is 1. The Labute approximate surface area is 97.8 Å². The molecule has 1 saturated heterocycles. The smallest absolute Gasteiger partial charge is 0.222 e. The maximum absolute atomic E-state index is 11.9. The third-order valence-corrected chi connectivity index (χ3v) is 3.33. The molecule has 1 fully saturated rings. The molecule has 0 saturated carbocycles. The van der Waals surface area contributed by atoms with Crippen LogP contribution in [0.1, 0.15) is 32.6 Å². The van der Waals surface area contributed by atoms with Crippen LogP contribution in [-0.4, -0.2) is 42.2 Å². The third kappa shape index (κ3) is 4.10. The van der Waals surface area contributed by atoms with Gasteiger partial charge in [0.1, 0.15) is 0 Å². The van der Waals surface area contributed by atoms with E-state index in [1.54, 1.807) is 0 Å². The highest BCUT2D eigenvalue weighted by molar-refractivity contribution is 5.76. The highest BCUT2D eigenvalue weighted by atomic mass is 16.3. The normalized spacial score (nSPS) is 23.2. The molecule has 4 heteroatoms. The van der Waals surface area contributed by atoms with Gasteiger partial charge in [0.25, 0.3) is 0 Å². The average Bonchev–Trinajstić information content (AvgIpc) is 2.29. The molecule has 2 unspecified atom stereocenters. The molecule has 1 amide bonds. The zero-order valence-corrected chi connectivity index (χ0v) is 10.2. The van der Waals surface area contributed by atoms with Crippen molar-refractivity contribution in [2.24, 2.45) is 17.6 Å². The summed E-state index contributed by atoms with van der Waals surface area (Å²) in [5.41, 5.74) is 5.52. The van der Waals surface area contributed by atoms with Crippen molar-refractivity contribution in [3.63, 3.8) is 0 Å². The van der Waals surface area contributed by atoms with Gasteiger partial charge in [0.2, 0.25) is 5.91 Å². The molecule has 1 rings (SSSR count). The van der Waals surface area contributed by atoms with Gasteiger partial charge in [-0.05, 0) is 37.6 Å². The number of hydrogen-bond donors (Lipinski definition) is 2. The van der Waals surface area contributed by atoms with Crippen molar-refractivity contribution >= 4 is 5.91 Å². The topological polar surface area (TPSA) is 66.6 Å². The van der Waals surface area contributed by atoms with E-state index in [9.17, 15) is 4.79 Å². The van der Waals surface area contributed by atoms with E-state index in [4.69, 9.17) is 10.8 Å². The van der Waals surface area contributed by atoms with Crippen molar-refractivity contribution in [2.45, 2.75) is 32.6 Å². The Kier molecular flexibility index (Phi) is 5.77. The van der Waals surface area contributed by atoms with Crippen LogP contribution in [0.3, 0.4) is 0 Å². The molecule has 0 aromatic rings. The Hall–Kier alpha value is -0.610. The zero-order chi connectivity index (χ0) is 12.0. The number of aliphatic hydroxyl groups is 1. The quantitative estimate of drug-likeness (QED) is 0.724. The highest BCUT2D eigenvalue weighted by Crippen LogP contribution is 2.20. The highest BCUT2D eigenvalue weighted by Gasteiger charge is 2.23. The summed E-state index contributed by atoms with van der Waals surface area (Å²) in [5.74, 6) is 0.974. The van der Waals surface area contributed by atoms with Crippen molar-refractivity contribution in [3.05, 3.63) is 0 Å². The van der Waals surface area contributed by atoms with E-state index in [0.717, 1.165) is 32.4 Å². The summed E-state index contributed by atoms with van der Waals surface area (Å²) < 4.78 is 0. The molecule has 2 atom stereocenters. The monoisotopic (exact) mass is 228 g/mol. The Morgan fingerprint density at radius 3 is 3.00 bits per heavy atom. The number of likely N-dealkylation sites (tertiary alicyclic amines) is 1. The predicted octanol–water partition coefficient (Wildman–Crippen LogP) is 0.592. The maximum atomic E-state index is 11.9. The van der Waals surface area contributed by atoms with Gasteiger partial charge in [-0.3, -0.25) is 4.79 Å². The Bertz CT molecular complexity index is 219. The van der Waals surface area contributed by atoms with Crippen LogP contribution in [0.15, 0.2) is 0 Å². The fourth-order valence-corrected chi connectivity index (χ4v) is 2.22. The van der Waals surface area contributed by atoms with E-state index in [2.05, 4.69) is 0 Å². The number of hydrogen-bond acceptors (Lipinski definition) is 3. The molecular weight excluding hydrogens is 204 g/mol. The molecule has 0 aromatic carbocycles. The molecule has 1 aliphatic heterocycles. The number of rotatable bonds is 5. The summed E-state index contributed by atoms with van der Waals surface area (Å²) in [4.78, 5) is 13.9. The zero-order valence-electron chi connectivity index (χ0n) is 10.2. The van der Waals surface area contributed by atoms with Gasteiger partial charge in [-0.2, -0.15) is 0 Å². The van der Waals surface area contributed by atoms with Crippen molar-refractivity contribution in [1.29, 1.82) is 0 Å². The number of carbonyl (C=O) groups is 1. The lowest BCUT2D eigenvalue weighted by Crippen LogP contribution is -2.41. The second-order valence-corrected chi connectivity index (χ2v) is 4.91. The van der Waals surface area contributed by atoms with Crippen LogP contribution in [0.5, 0.6) is 0 Å². The summed E-state index contributed by atoms with van der Waals surface area (Å²) in [6.45, 7) is 4.49. The molecule has 0 aliphatic carbocycles. The first-order valence-corrected chi connectivity index (χ1v) is 6.26. The number of carbonyl (C=O) groups excluding carboxylic acids is 1. The van der Waals surface area contributed by atoms with E-state index in [1.807, 2.05) is 11.8 Å². The standard InChI is InChI=1S/C12H24N2O2/c1-10(8-13)7-12(16)14-5-2-3-11(9-14)4-6-15/h10-11,15H,2-9,13H2,1H3. The number of piperidine rings is 1. The van der Waals surface area contributed by atoms with E-state index in [0.29, 0.717) is 18.9 Å². The first kappa shape index (κ1) is 13.5. The minimum absolute atomic E-state index is 0.223. The minimum Gasteiger partial charge on any atom is -0.396 e. The minimum atomic E-state index is 0.223. The van der Waals surface area contributed by atoms with Crippen molar-refractivity contribution in [1.82, 2.24) is 4.90 Å². The molecule has 94 valence electrons. The Morgan fingerprint density at radius 1 is 1.62 bits per heavy atom. The van der Waals surface area contributed by atoms with Crippen LogP contribution in [0.4, 0.5) is 0 Å². The summed E-state index contributed by atoms with van der Waals surface area (Å²) in [7, 11) is 0. The van der Waals surface area contributed by atoms with E-state index in [1.165, 1.54) is 0 Å². The molecule has 0 radical (unpaired) electrons. The molecule has 0 aromatic heterocycles. The molecular formula is C12H24N2O2. The van der Waals surface area contributed by atoms with Crippen LogP contribution in [-0.2, 0) is 4.79 Å².